The highest BCUT2D eigenvalue weighted by atomic mass is 35.7. The Morgan fingerprint density at radius 3 is 2.43 bits per heavy atom. The summed E-state index contributed by atoms with van der Waals surface area (Å²) in [6.45, 7) is 2.17. The Labute approximate surface area is 128 Å². The van der Waals surface area contributed by atoms with E-state index >= 15 is 0 Å². The van der Waals surface area contributed by atoms with Crippen LogP contribution in [0.2, 0.25) is 0 Å². The zero-order chi connectivity index (χ0) is 15.5. The van der Waals surface area contributed by atoms with Gasteiger partial charge < -0.3 is 9.47 Å². The Morgan fingerprint density at radius 1 is 1.10 bits per heavy atom. The van der Waals surface area contributed by atoms with Crippen LogP contribution in [0.5, 0.6) is 11.5 Å². The van der Waals surface area contributed by atoms with Gasteiger partial charge in [-0.05, 0) is 48.4 Å². The predicted octanol–water partition coefficient (Wildman–Crippen LogP) is 3.86. The highest BCUT2D eigenvalue weighted by Gasteiger charge is 2.13. The number of hydrogen-bond acceptors (Lipinski definition) is 4. The molecule has 0 fully saturated rings. The molecule has 0 aliphatic rings. The van der Waals surface area contributed by atoms with Crippen LogP contribution in [0.1, 0.15) is 11.1 Å². The second kappa shape index (κ2) is 6.47. The summed E-state index contributed by atoms with van der Waals surface area (Å²) in [7, 11) is 3.24. The van der Waals surface area contributed by atoms with Crippen molar-refractivity contribution >= 4 is 19.7 Å². The van der Waals surface area contributed by atoms with Gasteiger partial charge in [-0.3, -0.25) is 0 Å². The molecule has 0 unspecified atom stereocenters. The first kappa shape index (κ1) is 15.8. The van der Waals surface area contributed by atoms with Gasteiger partial charge in [-0.1, -0.05) is 12.1 Å². The highest BCUT2D eigenvalue weighted by Crippen LogP contribution is 2.27. The van der Waals surface area contributed by atoms with E-state index in [-0.39, 0.29) is 4.90 Å². The third kappa shape index (κ3) is 4.20. The molecule has 0 saturated heterocycles. The maximum Gasteiger partial charge on any atom is 0.261 e. The van der Waals surface area contributed by atoms with E-state index in [0.29, 0.717) is 23.7 Å². The molecule has 0 heterocycles. The van der Waals surface area contributed by atoms with E-state index in [1.165, 1.54) is 6.07 Å². The van der Waals surface area contributed by atoms with Crippen molar-refractivity contribution in [3.05, 3.63) is 53.6 Å². The first-order chi connectivity index (χ1) is 9.90. The third-order valence-corrected chi connectivity index (χ3v) is 4.34. The van der Waals surface area contributed by atoms with E-state index in [0.717, 1.165) is 5.56 Å². The zero-order valence-corrected chi connectivity index (χ0v) is 13.2. The fourth-order valence-corrected chi connectivity index (χ4v) is 3.15. The second-order valence-electron chi connectivity index (χ2n) is 4.55. The lowest BCUT2D eigenvalue weighted by atomic mass is 10.2. The van der Waals surface area contributed by atoms with Crippen LogP contribution >= 0.6 is 10.7 Å². The number of ether oxygens (including phenoxy) is 2. The minimum atomic E-state index is -3.74. The summed E-state index contributed by atoms with van der Waals surface area (Å²) in [6.07, 6.45) is 0. The van der Waals surface area contributed by atoms with Crippen molar-refractivity contribution in [3.63, 3.8) is 0 Å². The molecule has 2 aromatic carbocycles. The lowest BCUT2D eigenvalue weighted by molar-refractivity contribution is 0.184. The Bertz CT molecular complexity index is 741. The summed E-state index contributed by atoms with van der Waals surface area (Å²) in [6, 6.07) is 12.1. The second-order valence-corrected chi connectivity index (χ2v) is 7.08. The topological polar surface area (TPSA) is 52.6 Å². The summed E-state index contributed by atoms with van der Waals surface area (Å²) in [5.41, 5.74) is 1.53. The Morgan fingerprint density at radius 2 is 1.81 bits per heavy atom. The third-order valence-electron chi connectivity index (χ3n) is 2.85. The van der Waals surface area contributed by atoms with Crippen molar-refractivity contribution in [2.24, 2.45) is 0 Å². The molecule has 0 aliphatic heterocycles. The summed E-state index contributed by atoms with van der Waals surface area (Å²) < 4.78 is 33.5. The van der Waals surface area contributed by atoms with Gasteiger partial charge in [0.15, 0.2) is 0 Å². The molecule has 0 bridgehead atoms. The van der Waals surface area contributed by atoms with Crippen LogP contribution in [0.15, 0.2) is 47.4 Å². The summed E-state index contributed by atoms with van der Waals surface area (Å²) in [5.74, 6) is 1.21. The number of rotatable bonds is 5. The minimum Gasteiger partial charge on any atom is -0.457 e. The van der Waals surface area contributed by atoms with E-state index in [9.17, 15) is 8.42 Å². The van der Waals surface area contributed by atoms with Crippen LogP contribution in [-0.4, -0.2) is 15.5 Å². The van der Waals surface area contributed by atoms with Gasteiger partial charge >= 0.3 is 0 Å². The molecule has 0 spiro atoms. The van der Waals surface area contributed by atoms with E-state index in [1.54, 1.807) is 26.2 Å². The molecular formula is C15H15ClO4S. The molecule has 0 amide bonds. The summed E-state index contributed by atoms with van der Waals surface area (Å²) in [5, 5.41) is 0. The van der Waals surface area contributed by atoms with Crippen molar-refractivity contribution < 1.29 is 17.9 Å². The average Bonchev–Trinajstić information content (AvgIpc) is 2.38. The van der Waals surface area contributed by atoms with Gasteiger partial charge in [0, 0.05) is 17.8 Å². The first-order valence-electron chi connectivity index (χ1n) is 6.21. The standard InChI is InChI=1S/C15H15ClO4S/c1-11-8-14(6-7-15(11)21(16,17)18)20-13-5-3-4-12(9-13)10-19-2/h3-9H,10H2,1-2H3. The van der Waals surface area contributed by atoms with Gasteiger partial charge in [-0.2, -0.15) is 0 Å². The number of benzene rings is 2. The van der Waals surface area contributed by atoms with Crippen LogP contribution in [0.4, 0.5) is 0 Å². The fraction of sp³-hybridized carbons (Fsp3) is 0.200. The number of aryl methyl sites for hydroxylation is 1. The lowest BCUT2D eigenvalue weighted by Gasteiger charge is -2.09. The van der Waals surface area contributed by atoms with Crippen molar-refractivity contribution in [2.75, 3.05) is 7.11 Å². The fourth-order valence-electron chi connectivity index (χ4n) is 1.96. The predicted molar refractivity (Wildman–Crippen MR) is 81.4 cm³/mol. The Balaban J connectivity index is 2.24. The molecule has 0 saturated carbocycles. The first-order valence-corrected chi connectivity index (χ1v) is 8.52. The minimum absolute atomic E-state index is 0.0876. The van der Waals surface area contributed by atoms with Crippen LogP contribution in [0.3, 0.4) is 0 Å². The molecule has 0 radical (unpaired) electrons. The zero-order valence-electron chi connectivity index (χ0n) is 11.7. The average molecular weight is 327 g/mol. The van der Waals surface area contributed by atoms with Crippen molar-refractivity contribution in [1.29, 1.82) is 0 Å². The lowest BCUT2D eigenvalue weighted by Crippen LogP contribution is -1.95. The van der Waals surface area contributed by atoms with E-state index in [1.807, 2.05) is 24.3 Å². The monoisotopic (exact) mass is 326 g/mol. The Hall–Kier alpha value is -1.56. The largest absolute Gasteiger partial charge is 0.457 e. The van der Waals surface area contributed by atoms with Crippen LogP contribution < -0.4 is 4.74 Å². The maximum absolute atomic E-state index is 11.4. The quantitative estimate of drug-likeness (QED) is 0.783. The summed E-state index contributed by atoms with van der Waals surface area (Å²) in [4.78, 5) is 0.0876. The van der Waals surface area contributed by atoms with Crippen LogP contribution in [-0.2, 0) is 20.4 Å². The molecule has 6 heteroatoms. The SMILES string of the molecule is COCc1cccc(Oc2ccc(S(=O)(=O)Cl)c(C)c2)c1. The number of halogens is 1. The van der Waals surface area contributed by atoms with E-state index in [4.69, 9.17) is 20.2 Å². The van der Waals surface area contributed by atoms with Crippen molar-refractivity contribution in [2.45, 2.75) is 18.4 Å². The van der Waals surface area contributed by atoms with Gasteiger partial charge in [-0.15, -0.1) is 0 Å². The van der Waals surface area contributed by atoms with E-state index in [2.05, 4.69) is 0 Å². The van der Waals surface area contributed by atoms with Crippen LogP contribution in [0.25, 0.3) is 0 Å². The van der Waals surface area contributed by atoms with Gasteiger partial charge in [0.05, 0.1) is 11.5 Å². The molecule has 2 rings (SSSR count). The van der Waals surface area contributed by atoms with Gasteiger partial charge in [-0.25, -0.2) is 8.42 Å². The van der Waals surface area contributed by atoms with Crippen molar-refractivity contribution in [3.8, 4) is 11.5 Å². The van der Waals surface area contributed by atoms with Gasteiger partial charge in [0.2, 0.25) is 0 Å². The number of hydrogen-bond donors (Lipinski definition) is 0. The molecule has 2 aromatic rings. The van der Waals surface area contributed by atoms with E-state index < -0.39 is 9.05 Å². The molecule has 4 nitrogen and oxygen atoms in total. The van der Waals surface area contributed by atoms with Gasteiger partial charge in [0.25, 0.3) is 9.05 Å². The summed E-state index contributed by atoms with van der Waals surface area (Å²) >= 11 is 0. The van der Waals surface area contributed by atoms with Gasteiger partial charge in [0.1, 0.15) is 11.5 Å². The molecule has 112 valence electrons. The normalized spacial score (nSPS) is 11.4. The maximum atomic E-state index is 11.4. The smallest absolute Gasteiger partial charge is 0.261 e. The molecule has 0 N–H and O–H groups in total. The molecule has 0 aliphatic carbocycles. The highest BCUT2D eigenvalue weighted by molar-refractivity contribution is 8.13. The molecule has 0 aromatic heterocycles. The molecule has 21 heavy (non-hydrogen) atoms. The number of methoxy groups -OCH3 is 1. The molecule has 0 atom stereocenters. The van der Waals surface area contributed by atoms with Crippen LogP contribution in [0, 0.1) is 6.92 Å². The molecular weight excluding hydrogens is 312 g/mol. The van der Waals surface area contributed by atoms with Crippen molar-refractivity contribution in [1.82, 2.24) is 0 Å². The Kier molecular flexibility index (Phi) is 4.88.